The molecule has 4 N–H and O–H groups in total. The van der Waals surface area contributed by atoms with Crippen LogP contribution >= 0.6 is 0 Å². The van der Waals surface area contributed by atoms with E-state index in [1.807, 2.05) is 0 Å². The highest BCUT2D eigenvalue weighted by atomic mass is 16.7. The van der Waals surface area contributed by atoms with Gasteiger partial charge >= 0.3 is 5.97 Å². The predicted octanol–water partition coefficient (Wildman–Crippen LogP) is 1.78. The third-order valence-corrected chi connectivity index (χ3v) is 11.9. The largest absolute Gasteiger partial charge is 0.458 e. The number of hydrogen-bond acceptors (Lipinski definition) is 9. The van der Waals surface area contributed by atoms with Gasteiger partial charge in [-0.15, -0.1) is 0 Å². The number of carbonyl (C=O) groups excluding carboxylic acids is 2. The van der Waals surface area contributed by atoms with Gasteiger partial charge in [0.25, 0.3) is 0 Å². The minimum absolute atomic E-state index is 0.0729. The van der Waals surface area contributed by atoms with Gasteiger partial charge in [0.15, 0.2) is 6.29 Å². The molecule has 212 valence electrons. The topological polar surface area (TPSA) is 143 Å². The maximum absolute atomic E-state index is 12.9. The smallest absolute Gasteiger partial charge is 0.331 e. The third kappa shape index (κ3) is 3.65. The Bertz CT molecular complexity index is 1000. The summed E-state index contributed by atoms with van der Waals surface area (Å²) in [7, 11) is 0. The molecule has 4 saturated carbocycles. The van der Waals surface area contributed by atoms with Gasteiger partial charge in [-0.05, 0) is 81.6 Å². The van der Waals surface area contributed by atoms with Crippen molar-refractivity contribution < 1.29 is 44.2 Å². The standard InChI is InChI=1S/C29H42O9/c1-16-25(33)22(31)12-24(37-16)38-18-3-8-27(15-30)20-4-7-26(2)19(17-11-23(32)36-14-17)6-10-29(26,35)21(20)5-9-28(27,34)13-18/h11,15-16,18-22,24-25,31,33-35H,3-10,12-14H2,1-2H3/t16-,18+,19-,20+,21-,22+,24+,25+,26-,27+,28+,29+/m1/s1. The van der Waals surface area contributed by atoms with Gasteiger partial charge in [0.1, 0.15) is 19.0 Å². The second-order valence-electron chi connectivity index (χ2n) is 13.3. The molecule has 0 aromatic heterocycles. The number of aliphatic hydroxyl groups excluding tert-OH is 2. The van der Waals surface area contributed by atoms with Crippen molar-refractivity contribution in [1.82, 2.24) is 0 Å². The average molecular weight is 535 g/mol. The second-order valence-corrected chi connectivity index (χ2v) is 13.3. The van der Waals surface area contributed by atoms with Gasteiger partial charge in [-0.1, -0.05) is 6.92 Å². The zero-order valence-electron chi connectivity index (χ0n) is 22.4. The summed E-state index contributed by atoms with van der Waals surface area (Å²) in [6.45, 7) is 4.13. The monoisotopic (exact) mass is 534 g/mol. The molecule has 0 spiro atoms. The van der Waals surface area contributed by atoms with Crippen LogP contribution in [0.3, 0.4) is 0 Å². The Morgan fingerprint density at radius 2 is 1.82 bits per heavy atom. The Balaban J connectivity index is 1.22. The summed E-state index contributed by atoms with van der Waals surface area (Å²) < 4.78 is 17.1. The number of aldehydes is 1. The molecule has 0 amide bonds. The molecule has 9 nitrogen and oxygen atoms in total. The van der Waals surface area contributed by atoms with Gasteiger partial charge in [0.2, 0.25) is 0 Å². The van der Waals surface area contributed by atoms with Crippen molar-refractivity contribution in [2.45, 2.75) is 120 Å². The van der Waals surface area contributed by atoms with Crippen LogP contribution in [0.4, 0.5) is 0 Å². The lowest BCUT2D eigenvalue weighted by atomic mass is 9.41. The normalized spacial score (nSPS) is 54.4. The molecule has 4 aliphatic carbocycles. The van der Waals surface area contributed by atoms with Crippen molar-refractivity contribution in [3.05, 3.63) is 11.6 Å². The maximum Gasteiger partial charge on any atom is 0.331 e. The minimum Gasteiger partial charge on any atom is -0.458 e. The van der Waals surface area contributed by atoms with Gasteiger partial charge in [0.05, 0.1) is 34.9 Å². The van der Waals surface area contributed by atoms with E-state index in [1.54, 1.807) is 13.0 Å². The number of ether oxygens (including phenoxy) is 3. The zero-order chi connectivity index (χ0) is 27.1. The van der Waals surface area contributed by atoms with Crippen molar-refractivity contribution in [2.75, 3.05) is 6.61 Å². The lowest BCUT2D eigenvalue weighted by Crippen LogP contribution is -2.69. The SMILES string of the molecule is C[C@H]1O[C@@H](O[C@H]2CC[C@]3(C=O)[C@H]4CC[C@]5(C)[C@@H](C6=CC(=O)OC6)CC[C@]5(O)[C@@H]4CC[C@]3(O)C2)C[C@H](O)[C@H]1O. The number of aliphatic hydroxyl groups is 4. The highest BCUT2D eigenvalue weighted by Crippen LogP contribution is 2.70. The highest BCUT2D eigenvalue weighted by Gasteiger charge is 2.71. The van der Waals surface area contributed by atoms with Crippen molar-refractivity contribution in [3.8, 4) is 0 Å². The molecular formula is C29H42O9. The fraction of sp³-hybridized carbons (Fsp3) is 0.862. The molecule has 2 heterocycles. The Kier molecular flexibility index (Phi) is 6.41. The Morgan fingerprint density at radius 3 is 2.50 bits per heavy atom. The summed E-state index contributed by atoms with van der Waals surface area (Å²) in [5, 5.41) is 44.6. The minimum atomic E-state index is -1.24. The van der Waals surface area contributed by atoms with E-state index < -0.39 is 46.6 Å². The van der Waals surface area contributed by atoms with E-state index in [9.17, 15) is 30.0 Å². The van der Waals surface area contributed by atoms with Crippen LogP contribution in [-0.2, 0) is 23.8 Å². The first-order valence-corrected chi connectivity index (χ1v) is 14.4. The Hall–Kier alpha value is -1.36. The van der Waals surface area contributed by atoms with E-state index >= 15 is 0 Å². The van der Waals surface area contributed by atoms with Crippen LogP contribution in [0.1, 0.15) is 78.1 Å². The third-order valence-electron chi connectivity index (χ3n) is 11.9. The first-order chi connectivity index (χ1) is 18.0. The van der Waals surface area contributed by atoms with E-state index in [0.717, 1.165) is 31.1 Å². The van der Waals surface area contributed by atoms with E-state index in [-0.39, 0.29) is 36.2 Å². The molecule has 6 aliphatic rings. The number of hydrogen-bond donors (Lipinski definition) is 4. The lowest BCUT2D eigenvalue weighted by molar-refractivity contribution is -0.286. The molecule has 0 radical (unpaired) electrons. The molecule has 5 fully saturated rings. The van der Waals surface area contributed by atoms with Crippen molar-refractivity contribution in [2.24, 2.45) is 28.6 Å². The quantitative estimate of drug-likeness (QED) is 0.241. The van der Waals surface area contributed by atoms with Crippen molar-refractivity contribution >= 4 is 12.3 Å². The van der Waals surface area contributed by atoms with Crippen molar-refractivity contribution in [1.29, 1.82) is 0 Å². The van der Waals surface area contributed by atoms with Gasteiger partial charge in [-0.25, -0.2) is 4.79 Å². The molecule has 0 aromatic rings. The van der Waals surface area contributed by atoms with Gasteiger partial charge in [-0.2, -0.15) is 0 Å². The Labute approximate surface area is 223 Å². The average Bonchev–Trinajstić information content (AvgIpc) is 3.41. The second kappa shape index (κ2) is 9.08. The molecule has 38 heavy (non-hydrogen) atoms. The van der Waals surface area contributed by atoms with Gasteiger partial charge < -0.3 is 39.4 Å². The highest BCUT2D eigenvalue weighted by molar-refractivity contribution is 5.85. The summed E-state index contributed by atoms with van der Waals surface area (Å²) in [6.07, 6.45) is 4.50. The number of carbonyl (C=O) groups is 2. The van der Waals surface area contributed by atoms with Crippen LogP contribution in [0.5, 0.6) is 0 Å². The fourth-order valence-corrected chi connectivity index (χ4v) is 9.76. The summed E-state index contributed by atoms with van der Waals surface area (Å²) in [5.41, 5.74) is -2.60. The zero-order valence-corrected chi connectivity index (χ0v) is 22.4. The molecule has 9 heteroatoms. The molecule has 0 unspecified atom stereocenters. The molecule has 6 rings (SSSR count). The molecule has 1 saturated heterocycles. The van der Waals surface area contributed by atoms with E-state index in [2.05, 4.69) is 6.92 Å². The summed E-state index contributed by atoms with van der Waals surface area (Å²) in [4.78, 5) is 24.7. The molecule has 2 aliphatic heterocycles. The van der Waals surface area contributed by atoms with Crippen LogP contribution in [-0.4, -0.2) is 81.2 Å². The fourth-order valence-electron chi connectivity index (χ4n) is 9.76. The number of esters is 1. The summed E-state index contributed by atoms with van der Waals surface area (Å²) in [6, 6.07) is 0. The number of cyclic esters (lactones) is 1. The molecule has 12 atom stereocenters. The van der Waals surface area contributed by atoms with Gasteiger partial charge in [-0.3, -0.25) is 0 Å². The van der Waals surface area contributed by atoms with Crippen LogP contribution in [0.2, 0.25) is 0 Å². The van der Waals surface area contributed by atoms with Crippen molar-refractivity contribution in [3.63, 3.8) is 0 Å². The van der Waals surface area contributed by atoms with Crippen LogP contribution in [0.25, 0.3) is 0 Å². The maximum atomic E-state index is 12.9. The first kappa shape index (κ1) is 26.8. The summed E-state index contributed by atoms with van der Waals surface area (Å²) in [5.74, 6) is -0.473. The predicted molar refractivity (Wildman–Crippen MR) is 133 cm³/mol. The van der Waals surface area contributed by atoms with Crippen LogP contribution < -0.4 is 0 Å². The first-order valence-electron chi connectivity index (χ1n) is 14.4. The molecular weight excluding hydrogens is 492 g/mol. The van der Waals surface area contributed by atoms with Gasteiger partial charge in [0, 0.05) is 24.3 Å². The van der Waals surface area contributed by atoms with Crippen LogP contribution in [0.15, 0.2) is 11.6 Å². The van der Waals surface area contributed by atoms with Crippen LogP contribution in [0, 0.1) is 28.6 Å². The lowest BCUT2D eigenvalue weighted by Gasteiger charge is -2.65. The van der Waals surface area contributed by atoms with E-state index in [1.165, 1.54) is 0 Å². The number of fused-ring (bicyclic) bond motifs is 5. The Morgan fingerprint density at radius 1 is 1.05 bits per heavy atom. The summed E-state index contributed by atoms with van der Waals surface area (Å²) >= 11 is 0. The van der Waals surface area contributed by atoms with E-state index in [4.69, 9.17) is 14.2 Å². The molecule has 0 aromatic carbocycles. The van der Waals surface area contributed by atoms with E-state index in [0.29, 0.717) is 45.1 Å². The molecule has 0 bridgehead atoms. The number of rotatable bonds is 4.